The Morgan fingerprint density at radius 1 is 1.33 bits per heavy atom. The maximum Gasteiger partial charge on any atom is 0.252 e. The highest BCUT2D eigenvalue weighted by Gasteiger charge is 2.22. The molecule has 3 rings (SSSR count). The smallest absolute Gasteiger partial charge is 0.252 e. The number of aromatic nitrogens is 2. The van der Waals surface area contributed by atoms with Crippen LogP contribution < -0.4 is 10.6 Å². The van der Waals surface area contributed by atoms with Gasteiger partial charge in [-0.15, -0.1) is 0 Å². The zero-order valence-electron chi connectivity index (χ0n) is 14.1. The molecule has 0 atom stereocenters. The molecule has 1 amide bonds. The molecule has 1 fully saturated rings. The van der Waals surface area contributed by atoms with Crippen LogP contribution in [0.15, 0.2) is 29.0 Å². The lowest BCUT2D eigenvalue weighted by atomic mass is 10.2. The van der Waals surface area contributed by atoms with Gasteiger partial charge in [-0.1, -0.05) is 13.8 Å². The van der Waals surface area contributed by atoms with E-state index in [4.69, 9.17) is 10.2 Å². The summed E-state index contributed by atoms with van der Waals surface area (Å²) in [7, 11) is 0. The molecular weight excluding hydrogens is 306 g/mol. The molecule has 0 aliphatic carbocycles. The van der Waals surface area contributed by atoms with Crippen molar-refractivity contribution in [2.75, 3.05) is 31.1 Å². The molecule has 7 nitrogen and oxygen atoms in total. The second kappa shape index (κ2) is 7.00. The van der Waals surface area contributed by atoms with Crippen molar-refractivity contribution in [3.8, 4) is 0 Å². The highest BCUT2D eigenvalue weighted by atomic mass is 16.3. The molecule has 128 valence electrons. The number of amides is 1. The summed E-state index contributed by atoms with van der Waals surface area (Å²) in [6.45, 7) is 8.25. The van der Waals surface area contributed by atoms with E-state index in [-0.39, 0.29) is 0 Å². The van der Waals surface area contributed by atoms with Crippen LogP contribution in [0.2, 0.25) is 0 Å². The Morgan fingerprint density at radius 3 is 2.71 bits per heavy atom. The van der Waals surface area contributed by atoms with Crippen LogP contribution >= 0.6 is 0 Å². The fraction of sp³-hybridized carbons (Fsp3) is 0.471. The number of oxazole rings is 1. The molecule has 0 aromatic carbocycles. The van der Waals surface area contributed by atoms with E-state index in [9.17, 15) is 4.79 Å². The predicted octanol–water partition coefficient (Wildman–Crippen LogP) is 1.61. The van der Waals surface area contributed by atoms with Crippen molar-refractivity contribution in [3.63, 3.8) is 0 Å². The minimum Gasteiger partial charge on any atom is -0.448 e. The zero-order valence-corrected chi connectivity index (χ0v) is 14.1. The highest BCUT2D eigenvalue weighted by Crippen LogP contribution is 2.20. The van der Waals surface area contributed by atoms with Crippen molar-refractivity contribution in [3.05, 3.63) is 41.7 Å². The standard InChI is InChI=1S/C17H23N5O2/c1-12(2)17-20-13(11-24-17)10-21-6-8-22(9-7-21)16-14(15(18)23)4-3-5-19-16/h3-5,11-12H,6-10H2,1-2H3,(H2,18,23). The minimum atomic E-state index is -0.440. The van der Waals surface area contributed by atoms with Gasteiger partial charge in [0.2, 0.25) is 0 Å². The number of primary amides is 1. The van der Waals surface area contributed by atoms with Gasteiger partial charge in [0.05, 0.1) is 11.3 Å². The molecule has 0 unspecified atom stereocenters. The van der Waals surface area contributed by atoms with Crippen molar-refractivity contribution in [2.45, 2.75) is 26.3 Å². The predicted molar refractivity (Wildman–Crippen MR) is 90.8 cm³/mol. The van der Waals surface area contributed by atoms with Gasteiger partial charge < -0.3 is 15.1 Å². The minimum absolute atomic E-state index is 0.298. The Kier molecular flexibility index (Phi) is 4.80. The summed E-state index contributed by atoms with van der Waals surface area (Å²) in [6.07, 6.45) is 3.43. The van der Waals surface area contributed by atoms with Gasteiger partial charge in [0.15, 0.2) is 5.89 Å². The third kappa shape index (κ3) is 3.56. The number of hydrogen-bond acceptors (Lipinski definition) is 6. The van der Waals surface area contributed by atoms with Gasteiger partial charge in [0.1, 0.15) is 12.1 Å². The number of nitrogens with two attached hydrogens (primary N) is 1. The number of pyridine rings is 1. The van der Waals surface area contributed by atoms with Gasteiger partial charge in [0, 0.05) is 44.8 Å². The van der Waals surface area contributed by atoms with Crippen LogP contribution in [0.1, 0.15) is 41.7 Å². The number of nitrogens with zero attached hydrogens (tertiary/aromatic N) is 4. The molecule has 2 aromatic rings. The normalized spacial score (nSPS) is 15.9. The van der Waals surface area contributed by atoms with E-state index in [1.807, 2.05) is 0 Å². The zero-order chi connectivity index (χ0) is 17.1. The molecule has 0 spiro atoms. The van der Waals surface area contributed by atoms with Crippen molar-refractivity contribution >= 4 is 11.7 Å². The van der Waals surface area contributed by atoms with Crippen LogP contribution in [0, 0.1) is 0 Å². The summed E-state index contributed by atoms with van der Waals surface area (Å²) < 4.78 is 5.49. The average Bonchev–Trinajstić information content (AvgIpc) is 3.04. The fourth-order valence-corrected chi connectivity index (χ4v) is 2.85. The Hall–Kier alpha value is -2.41. The van der Waals surface area contributed by atoms with Crippen molar-refractivity contribution < 1.29 is 9.21 Å². The highest BCUT2D eigenvalue weighted by molar-refractivity contribution is 5.97. The number of carbonyl (C=O) groups is 1. The van der Waals surface area contributed by atoms with E-state index in [2.05, 4.69) is 33.6 Å². The largest absolute Gasteiger partial charge is 0.448 e. The maximum atomic E-state index is 11.6. The first-order chi connectivity index (χ1) is 11.5. The Bertz CT molecular complexity index is 705. The van der Waals surface area contributed by atoms with Crippen LogP contribution in [0.5, 0.6) is 0 Å². The molecule has 2 aromatic heterocycles. The van der Waals surface area contributed by atoms with E-state index >= 15 is 0 Å². The molecule has 1 aliphatic rings. The number of anilines is 1. The summed E-state index contributed by atoms with van der Waals surface area (Å²) >= 11 is 0. The molecule has 7 heteroatoms. The third-order valence-electron chi connectivity index (χ3n) is 4.17. The molecule has 2 N–H and O–H groups in total. The molecule has 0 radical (unpaired) electrons. The summed E-state index contributed by atoms with van der Waals surface area (Å²) in [4.78, 5) is 24.8. The van der Waals surface area contributed by atoms with Gasteiger partial charge in [0.25, 0.3) is 5.91 Å². The summed E-state index contributed by atoms with van der Waals surface area (Å²) in [5.74, 6) is 1.31. The van der Waals surface area contributed by atoms with Crippen LogP contribution in [0.3, 0.4) is 0 Å². The van der Waals surface area contributed by atoms with Gasteiger partial charge in [-0.2, -0.15) is 0 Å². The Morgan fingerprint density at radius 2 is 2.08 bits per heavy atom. The molecule has 1 aliphatic heterocycles. The topological polar surface area (TPSA) is 88.5 Å². The van der Waals surface area contributed by atoms with Crippen molar-refractivity contribution in [1.29, 1.82) is 0 Å². The first-order valence-corrected chi connectivity index (χ1v) is 8.21. The van der Waals surface area contributed by atoms with E-state index in [0.717, 1.165) is 44.3 Å². The van der Waals surface area contributed by atoms with Gasteiger partial charge in [-0.3, -0.25) is 9.69 Å². The van der Waals surface area contributed by atoms with Crippen molar-refractivity contribution in [1.82, 2.24) is 14.9 Å². The van der Waals surface area contributed by atoms with E-state index in [1.54, 1.807) is 24.6 Å². The molecule has 0 saturated carbocycles. The molecule has 24 heavy (non-hydrogen) atoms. The lowest BCUT2D eigenvalue weighted by molar-refractivity contribution is 0.1000. The third-order valence-corrected chi connectivity index (χ3v) is 4.17. The number of carbonyl (C=O) groups excluding carboxylic acids is 1. The Balaban J connectivity index is 1.60. The maximum absolute atomic E-state index is 11.6. The summed E-state index contributed by atoms with van der Waals surface area (Å²) in [6, 6.07) is 3.45. The summed E-state index contributed by atoms with van der Waals surface area (Å²) in [5, 5.41) is 0. The number of piperazine rings is 1. The summed E-state index contributed by atoms with van der Waals surface area (Å²) in [5.41, 5.74) is 6.88. The molecular formula is C17H23N5O2. The van der Waals surface area contributed by atoms with Crippen LogP contribution in [-0.4, -0.2) is 47.0 Å². The monoisotopic (exact) mass is 329 g/mol. The van der Waals surface area contributed by atoms with Gasteiger partial charge in [-0.05, 0) is 12.1 Å². The van der Waals surface area contributed by atoms with E-state index in [1.165, 1.54) is 0 Å². The molecule has 1 saturated heterocycles. The second-order valence-corrected chi connectivity index (χ2v) is 6.33. The van der Waals surface area contributed by atoms with E-state index in [0.29, 0.717) is 17.3 Å². The first-order valence-electron chi connectivity index (χ1n) is 8.21. The first kappa shape index (κ1) is 16.4. The lowest BCUT2D eigenvalue weighted by Gasteiger charge is -2.35. The van der Waals surface area contributed by atoms with Crippen LogP contribution in [0.4, 0.5) is 5.82 Å². The van der Waals surface area contributed by atoms with Crippen LogP contribution in [-0.2, 0) is 6.54 Å². The Labute approximate surface area is 141 Å². The molecule has 3 heterocycles. The van der Waals surface area contributed by atoms with Crippen molar-refractivity contribution in [2.24, 2.45) is 5.73 Å². The SMILES string of the molecule is CC(C)c1nc(CN2CCN(c3ncccc3C(N)=O)CC2)co1. The molecule has 0 bridgehead atoms. The lowest BCUT2D eigenvalue weighted by Crippen LogP contribution is -2.46. The van der Waals surface area contributed by atoms with Crippen LogP contribution in [0.25, 0.3) is 0 Å². The number of rotatable bonds is 5. The second-order valence-electron chi connectivity index (χ2n) is 6.33. The quantitative estimate of drug-likeness (QED) is 0.896. The fourth-order valence-electron chi connectivity index (χ4n) is 2.85. The van der Waals surface area contributed by atoms with Gasteiger partial charge in [-0.25, -0.2) is 9.97 Å². The van der Waals surface area contributed by atoms with Gasteiger partial charge >= 0.3 is 0 Å². The number of hydrogen-bond donors (Lipinski definition) is 1. The average molecular weight is 329 g/mol. The van der Waals surface area contributed by atoms with E-state index < -0.39 is 5.91 Å².